The van der Waals surface area contributed by atoms with Crippen LogP contribution in [0.3, 0.4) is 0 Å². The Labute approximate surface area is 152 Å². The van der Waals surface area contributed by atoms with Crippen LogP contribution in [0, 0.1) is 5.92 Å². The molecule has 0 aliphatic heterocycles. The molecule has 0 saturated heterocycles. The molecule has 5 nitrogen and oxygen atoms in total. The molecule has 1 heterocycles. The molecule has 0 atom stereocenters. The third-order valence-corrected chi connectivity index (χ3v) is 4.27. The van der Waals surface area contributed by atoms with E-state index in [1.165, 1.54) is 0 Å². The number of hydrogen-bond acceptors (Lipinski definition) is 4. The van der Waals surface area contributed by atoms with Crippen molar-refractivity contribution in [2.45, 2.75) is 32.6 Å². The van der Waals surface area contributed by atoms with E-state index in [-0.39, 0.29) is 5.91 Å². The zero-order valence-electron chi connectivity index (χ0n) is 15.0. The first-order valence-electron chi connectivity index (χ1n) is 9.03. The third-order valence-electron chi connectivity index (χ3n) is 4.27. The molecule has 1 amide bonds. The predicted molar refractivity (Wildman–Crippen MR) is 101 cm³/mol. The lowest BCUT2D eigenvalue weighted by Gasteiger charge is -2.10. The van der Waals surface area contributed by atoms with E-state index < -0.39 is 0 Å². The molecule has 0 unspecified atom stereocenters. The zero-order valence-corrected chi connectivity index (χ0v) is 15.0. The Hall–Kier alpha value is -2.82. The molecule has 1 fully saturated rings. The number of benzene rings is 2. The molecule has 1 saturated carbocycles. The zero-order chi connectivity index (χ0) is 18.1. The highest BCUT2D eigenvalue weighted by Gasteiger charge is 2.28. The monoisotopic (exact) mass is 350 g/mol. The number of nitrogens with one attached hydrogen (secondary N) is 1. The van der Waals surface area contributed by atoms with Crippen molar-refractivity contribution < 1.29 is 13.9 Å². The van der Waals surface area contributed by atoms with Crippen molar-refractivity contribution in [1.82, 2.24) is 4.98 Å². The summed E-state index contributed by atoms with van der Waals surface area (Å²) < 4.78 is 11.5. The first-order valence-corrected chi connectivity index (χ1v) is 9.03. The number of rotatable bonds is 6. The first kappa shape index (κ1) is 16.6. The Morgan fingerprint density at radius 2 is 2.12 bits per heavy atom. The average Bonchev–Trinajstić information content (AvgIpc) is 3.40. The fourth-order valence-electron chi connectivity index (χ4n) is 2.72. The van der Waals surface area contributed by atoms with Crippen LogP contribution in [0.5, 0.6) is 5.75 Å². The van der Waals surface area contributed by atoms with Crippen LogP contribution in [0.1, 0.15) is 48.9 Å². The second-order valence-electron chi connectivity index (χ2n) is 7.20. The Balaban J connectivity index is 1.48. The van der Waals surface area contributed by atoms with Gasteiger partial charge in [0.1, 0.15) is 11.3 Å². The lowest BCUT2D eigenvalue weighted by Crippen LogP contribution is -2.12. The normalized spacial score (nSPS) is 14.0. The summed E-state index contributed by atoms with van der Waals surface area (Å²) in [6.45, 7) is 4.80. The fraction of sp³-hybridized carbons (Fsp3) is 0.333. The van der Waals surface area contributed by atoms with Crippen molar-refractivity contribution in [2.75, 3.05) is 11.9 Å². The van der Waals surface area contributed by atoms with Gasteiger partial charge in [-0.1, -0.05) is 19.9 Å². The quantitative estimate of drug-likeness (QED) is 0.680. The van der Waals surface area contributed by atoms with Gasteiger partial charge in [0.15, 0.2) is 11.5 Å². The maximum atomic E-state index is 12.6. The van der Waals surface area contributed by atoms with E-state index in [2.05, 4.69) is 24.1 Å². The van der Waals surface area contributed by atoms with Crippen molar-refractivity contribution in [3.63, 3.8) is 0 Å². The van der Waals surface area contributed by atoms with Gasteiger partial charge in [-0.2, -0.15) is 0 Å². The topological polar surface area (TPSA) is 64.4 Å². The molecular weight excluding hydrogens is 328 g/mol. The van der Waals surface area contributed by atoms with Gasteiger partial charge < -0.3 is 14.5 Å². The van der Waals surface area contributed by atoms with Gasteiger partial charge in [-0.15, -0.1) is 0 Å². The highest BCUT2D eigenvalue weighted by Crippen LogP contribution is 2.40. The molecule has 0 spiro atoms. The second kappa shape index (κ2) is 6.83. The minimum atomic E-state index is -0.176. The van der Waals surface area contributed by atoms with Gasteiger partial charge in [-0.3, -0.25) is 4.79 Å². The number of anilines is 1. The fourth-order valence-corrected chi connectivity index (χ4v) is 2.72. The predicted octanol–water partition coefficient (Wildman–Crippen LogP) is 4.99. The summed E-state index contributed by atoms with van der Waals surface area (Å²) in [6.07, 6.45) is 2.29. The van der Waals surface area contributed by atoms with Crippen LogP contribution in [0.15, 0.2) is 46.9 Å². The standard InChI is InChI=1S/C21H22N2O3/c1-13(2)12-25-17-5-3-4-15(10-17)20(24)22-16-8-9-19-18(11-16)23-21(26-19)14-6-7-14/h3-5,8-11,13-14H,6-7,12H2,1-2H3,(H,22,24). The van der Waals surface area contributed by atoms with Crippen LogP contribution in [0.4, 0.5) is 5.69 Å². The highest BCUT2D eigenvalue weighted by atomic mass is 16.5. The number of ether oxygens (including phenoxy) is 1. The van der Waals surface area contributed by atoms with Gasteiger partial charge in [0.2, 0.25) is 0 Å². The largest absolute Gasteiger partial charge is 0.493 e. The van der Waals surface area contributed by atoms with E-state index in [4.69, 9.17) is 9.15 Å². The van der Waals surface area contributed by atoms with Gasteiger partial charge >= 0.3 is 0 Å². The maximum Gasteiger partial charge on any atom is 0.255 e. The minimum absolute atomic E-state index is 0.176. The molecule has 26 heavy (non-hydrogen) atoms. The number of aromatic nitrogens is 1. The number of amides is 1. The number of nitrogens with zero attached hydrogens (tertiary/aromatic N) is 1. The van der Waals surface area contributed by atoms with Crippen LogP contribution in [0.25, 0.3) is 11.1 Å². The van der Waals surface area contributed by atoms with E-state index in [1.807, 2.05) is 30.3 Å². The summed E-state index contributed by atoms with van der Waals surface area (Å²) in [5.41, 5.74) is 2.80. The molecule has 134 valence electrons. The van der Waals surface area contributed by atoms with Crippen molar-refractivity contribution >= 4 is 22.7 Å². The first-order chi connectivity index (χ1) is 12.6. The summed E-state index contributed by atoms with van der Waals surface area (Å²) in [5, 5.41) is 2.92. The molecule has 1 aliphatic carbocycles. The van der Waals surface area contributed by atoms with Crippen LogP contribution in [0.2, 0.25) is 0 Å². The van der Waals surface area contributed by atoms with Crippen molar-refractivity contribution in [3.05, 3.63) is 53.9 Å². The number of carbonyl (C=O) groups excluding carboxylic acids is 1. The number of oxazole rings is 1. The van der Waals surface area contributed by atoms with E-state index in [0.717, 1.165) is 29.8 Å². The summed E-state index contributed by atoms with van der Waals surface area (Å²) in [6, 6.07) is 12.8. The Kier molecular flexibility index (Phi) is 4.37. The van der Waals surface area contributed by atoms with E-state index >= 15 is 0 Å². The van der Waals surface area contributed by atoms with Crippen LogP contribution < -0.4 is 10.1 Å². The van der Waals surface area contributed by atoms with E-state index in [1.54, 1.807) is 12.1 Å². The van der Waals surface area contributed by atoms with Crippen molar-refractivity contribution in [1.29, 1.82) is 0 Å². The molecule has 1 N–H and O–H groups in total. The smallest absolute Gasteiger partial charge is 0.255 e. The lowest BCUT2D eigenvalue weighted by atomic mass is 10.2. The van der Waals surface area contributed by atoms with E-state index in [0.29, 0.717) is 35.4 Å². The molecular formula is C21H22N2O3. The molecule has 1 aromatic heterocycles. The van der Waals surface area contributed by atoms with Crippen molar-refractivity contribution in [2.24, 2.45) is 5.92 Å². The van der Waals surface area contributed by atoms with Gasteiger partial charge in [-0.25, -0.2) is 4.98 Å². The molecule has 2 aromatic carbocycles. The van der Waals surface area contributed by atoms with Gasteiger partial charge in [-0.05, 0) is 55.2 Å². The Morgan fingerprint density at radius 1 is 1.27 bits per heavy atom. The molecule has 5 heteroatoms. The molecule has 0 radical (unpaired) electrons. The molecule has 4 rings (SSSR count). The van der Waals surface area contributed by atoms with E-state index in [9.17, 15) is 4.79 Å². The third kappa shape index (κ3) is 3.72. The van der Waals surface area contributed by atoms with Gasteiger partial charge in [0, 0.05) is 17.2 Å². The molecule has 3 aromatic rings. The van der Waals surface area contributed by atoms with Gasteiger partial charge in [0.05, 0.1) is 6.61 Å². The Bertz CT molecular complexity index is 941. The Morgan fingerprint density at radius 3 is 2.88 bits per heavy atom. The molecule has 0 bridgehead atoms. The van der Waals surface area contributed by atoms with Crippen molar-refractivity contribution in [3.8, 4) is 5.75 Å². The van der Waals surface area contributed by atoms with Crippen LogP contribution >= 0.6 is 0 Å². The lowest BCUT2D eigenvalue weighted by molar-refractivity contribution is 0.102. The summed E-state index contributed by atoms with van der Waals surface area (Å²) in [4.78, 5) is 17.1. The van der Waals surface area contributed by atoms with Gasteiger partial charge in [0.25, 0.3) is 5.91 Å². The average molecular weight is 350 g/mol. The number of carbonyl (C=O) groups is 1. The second-order valence-corrected chi connectivity index (χ2v) is 7.20. The molecule has 1 aliphatic rings. The number of fused-ring (bicyclic) bond motifs is 1. The van der Waals surface area contributed by atoms with Crippen LogP contribution in [-0.2, 0) is 0 Å². The summed E-state index contributed by atoms with van der Waals surface area (Å²) in [5.74, 6) is 2.23. The van der Waals surface area contributed by atoms with Crippen LogP contribution in [-0.4, -0.2) is 17.5 Å². The SMILES string of the molecule is CC(C)COc1cccc(C(=O)Nc2ccc3oc(C4CC4)nc3c2)c1. The highest BCUT2D eigenvalue weighted by molar-refractivity contribution is 6.05. The summed E-state index contributed by atoms with van der Waals surface area (Å²) >= 11 is 0. The number of hydrogen-bond donors (Lipinski definition) is 1. The summed E-state index contributed by atoms with van der Waals surface area (Å²) in [7, 11) is 0. The minimum Gasteiger partial charge on any atom is -0.493 e. The maximum absolute atomic E-state index is 12.6.